The molecule has 0 bridgehead atoms. The Morgan fingerprint density at radius 2 is 2.39 bits per heavy atom. The average Bonchev–Trinajstić information content (AvgIpc) is 3.04. The van der Waals surface area contributed by atoms with E-state index in [1.165, 1.54) is 0 Å². The summed E-state index contributed by atoms with van der Waals surface area (Å²) in [6.45, 7) is 2.87. The second-order valence-corrected chi connectivity index (χ2v) is 5.10. The lowest BCUT2D eigenvalue weighted by Crippen LogP contribution is -2.18. The van der Waals surface area contributed by atoms with Crippen LogP contribution in [0.4, 0.5) is 0 Å². The Bertz CT molecular complexity index is 596. The van der Waals surface area contributed by atoms with E-state index in [1.807, 2.05) is 40.4 Å². The fraction of sp³-hybridized carbons (Fsp3) is 0.231. The number of rotatable bonds is 4. The Morgan fingerprint density at radius 3 is 3.17 bits per heavy atom. The number of hydrogen-bond acceptors (Lipinski definition) is 4. The van der Waals surface area contributed by atoms with E-state index in [1.54, 1.807) is 11.3 Å². The van der Waals surface area contributed by atoms with Gasteiger partial charge in [0, 0.05) is 30.5 Å². The smallest absolute Gasteiger partial charge is 0.137 e. The molecule has 92 valence electrons. The number of thiazole rings is 1. The zero-order valence-electron chi connectivity index (χ0n) is 10.1. The summed E-state index contributed by atoms with van der Waals surface area (Å²) in [5, 5.41) is 6.54. The molecule has 0 aliphatic heterocycles. The second-order valence-electron chi connectivity index (χ2n) is 4.17. The van der Waals surface area contributed by atoms with Gasteiger partial charge in [0.05, 0.1) is 11.7 Å². The lowest BCUT2D eigenvalue weighted by atomic mass is 10.3. The first-order chi connectivity index (χ1) is 8.83. The van der Waals surface area contributed by atoms with Crippen LogP contribution in [0.3, 0.4) is 0 Å². The van der Waals surface area contributed by atoms with Gasteiger partial charge in [0.2, 0.25) is 0 Å². The first kappa shape index (κ1) is 11.4. The van der Waals surface area contributed by atoms with Gasteiger partial charge in [-0.2, -0.15) is 0 Å². The van der Waals surface area contributed by atoms with E-state index in [9.17, 15) is 0 Å². The molecule has 18 heavy (non-hydrogen) atoms. The first-order valence-corrected chi connectivity index (χ1v) is 6.76. The normalized spacial score (nSPS) is 12.9. The average molecular weight is 258 g/mol. The maximum atomic E-state index is 4.55. The summed E-state index contributed by atoms with van der Waals surface area (Å²) in [4.78, 5) is 8.85. The van der Waals surface area contributed by atoms with Crippen molar-refractivity contribution in [3.8, 4) is 0 Å². The van der Waals surface area contributed by atoms with Gasteiger partial charge in [-0.1, -0.05) is 6.07 Å². The molecule has 0 aromatic carbocycles. The quantitative estimate of drug-likeness (QED) is 0.782. The summed E-state index contributed by atoms with van der Waals surface area (Å²) in [7, 11) is 0. The molecule has 3 aromatic rings. The summed E-state index contributed by atoms with van der Waals surface area (Å²) in [6.07, 6.45) is 5.90. The molecule has 3 aromatic heterocycles. The van der Waals surface area contributed by atoms with Gasteiger partial charge in [-0.25, -0.2) is 9.97 Å². The molecule has 3 rings (SSSR count). The summed E-state index contributed by atoms with van der Waals surface area (Å²) in [5.41, 5.74) is 2.03. The molecule has 0 saturated heterocycles. The number of nitrogens with one attached hydrogen (secondary N) is 1. The zero-order valence-corrected chi connectivity index (χ0v) is 10.9. The van der Waals surface area contributed by atoms with Gasteiger partial charge in [0.15, 0.2) is 0 Å². The van der Waals surface area contributed by atoms with Crippen molar-refractivity contribution in [3.63, 3.8) is 0 Å². The monoisotopic (exact) mass is 258 g/mol. The van der Waals surface area contributed by atoms with Crippen molar-refractivity contribution in [2.75, 3.05) is 0 Å². The molecule has 1 atom stereocenters. The van der Waals surface area contributed by atoms with Crippen molar-refractivity contribution >= 4 is 17.0 Å². The molecule has 4 nitrogen and oxygen atoms in total. The molecule has 0 aliphatic rings. The van der Waals surface area contributed by atoms with Crippen LogP contribution < -0.4 is 5.32 Å². The maximum Gasteiger partial charge on any atom is 0.137 e. The van der Waals surface area contributed by atoms with Gasteiger partial charge in [0.25, 0.3) is 0 Å². The van der Waals surface area contributed by atoms with Gasteiger partial charge in [-0.3, -0.25) is 0 Å². The lowest BCUT2D eigenvalue weighted by molar-refractivity contribution is 0.566. The van der Waals surface area contributed by atoms with Crippen molar-refractivity contribution in [2.45, 2.75) is 19.5 Å². The first-order valence-electron chi connectivity index (χ1n) is 5.88. The molecule has 3 heterocycles. The van der Waals surface area contributed by atoms with Crippen LogP contribution >= 0.6 is 11.3 Å². The minimum absolute atomic E-state index is 0.259. The molecule has 0 aliphatic carbocycles. The fourth-order valence-corrected chi connectivity index (χ4v) is 2.54. The molecule has 0 amide bonds. The van der Waals surface area contributed by atoms with Crippen molar-refractivity contribution in [1.29, 1.82) is 0 Å². The van der Waals surface area contributed by atoms with E-state index < -0.39 is 0 Å². The highest BCUT2D eigenvalue weighted by atomic mass is 32.1. The number of nitrogens with zero attached hydrogens (tertiary/aromatic N) is 3. The highest BCUT2D eigenvalue weighted by Gasteiger charge is 2.08. The lowest BCUT2D eigenvalue weighted by Gasteiger charge is -2.08. The molecule has 0 radical (unpaired) electrons. The summed E-state index contributed by atoms with van der Waals surface area (Å²) in [6, 6.07) is 6.27. The topological polar surface area (TPSA) is 42.2 Å². The number of aromatic nitrogens is 3. The van der Waals surface area contributed by atoms with E-state index >= 15 is 0 Å². The Hall–Kier alpha value is -1.72. The number of pyridine rings is 1. The van der Waals surface area contributed by atoms with Gasteiger partial charge in [-0.05, 0) is 19.1 Å². The van der Waals surface area contributed by atoms with Gasteiger partial charge in [0.1, 0.15) is 10.7 Å². The summed E-state index contributed by atoms with van der Waals surface area (Å²) >= 11 is 1.67. The second kappa shape index (κ2) is 4.88. The van der Waals surface area contributed by atoms with E-state index in [2.05, 4.69) is 28.4 Å². The van der Waals surface area contributed by atoms with Gasteiger partial charge >= 0.3 is 0 Å². The van der Waals surface area contributed by atoms with Crippen molar-refractivity contribution in [2.24, 2.45) is 0 Å². The molecule has 0 spiro atoms. The third kappa shape index (κ3) is 2.27. The predicted octanol–water partition coefficient (Wildman–Crippen LogP) is 2.64. The Balaban J connectivity index is 1.69. The van der Waals surface area contributed by atoms with Gasteiger partial charge < -0.3 is 9.72 Å². The van der Waals surface area contributed by atoms with E-state index in [0.717, 1.165) is 22.9 Å². The third-order valence-electron chi connectivity index (χ3n) is 2.83. The van der Waals surface area contributed by atoms with E-state index in [0.29, 0.717) is 0 Å². The molecule has 0 fully saturated rings. The van der Waals surface area contributed by atoms with E-state index in [4.69, 9.17) is 0 Å². The summed E-state index contributed by atoms with van der Waals surface area (Å²) in [5.74, 6) is 0. The van der Waals surface area contributed by atoms with Crippen molar-refractivity contribution in [3.05, 3.63) is 52.9 Å². The third-order valence-corrected chi connectivity index (χ3v) is 3.78. The van der Waals surface area contributed by atoms with Crippen LogP contribution in [-0.4, -0.2) is 14.4 Å². The molecular formula is C13H14N4S. The van der Waals surface area contributed by atoms with Crippen molar-refractivity contribution < 1.29 is 0 Å². The SMILES string of the molecule is CC(NCc1cn2ccccc2n1)c1nccs1. The fourth-order valence-electron chi connectivity index (χ4n) is 1.87. The minimum atomic E-state index is 0.259. The largest absolute Gasteiger partial charge is 0.307 e. The highest BCUT2D eigenvalue weighted by Crippen LogP contribution is 2.15. The Kier molecular flexibility index (Phi) is 3.08. The highest BCUT2D eigenvalue weighted by molar-refractivity contribution is 7.09. The molecule has 1 N–H and O–H groups in total. The number of fused-ring (bicyclic) bond motifs is 1. The molecule has 5 heteroatoms. The van der Waals surface area contributed by atoms with Crippen LogP contribution in [-0.2, 0) is 6.54 Å². The standard InChI is InChI=1S/C13H14N4S/c1-10(13-14-5-7-18-13)15-8-11-9-17-6-3-2-4-12(17)16-11/h2-7,9-10,15H,8H2,1H3. The zero-order chi connectivity index (χ0) is 12.4. The van der Waals surface area contributed by atoms with Crippen LogP contribution in [0.5, 0.6) is 0 Å². The molecule has 0 saturated carbocycles. The molecule has 1 unspecified atom stereocenters. The Labute approximate surface area is 109 Å². The molecular weight excluding hydrogens is 244 g/mol. The summed E-state index contributed by atoms with van der Waals surface area (Å²) < 4.78 is 2.03. The van der Waals surface area contributed by atoms with E-state index in [-0.39, 0.29) is 6.04 Å². The van der Waals surface area contributed by atoms with Crippen LogP contribution in [0.1, 0.15) is 23.7 Å². The maximum absolute atomic E-state index is 4.55. The van der Waals surface area contributed by atoms with Crippen molar-refractivity contribution in [1.82, 2.24) is 19.7 Å². The number of imidazole rings is 1. The predicted molar refractivity (Wildman–Crippen MR) is 72.6 cm³/mol. The van der Waals surface area contributed by atoms with Crippen LogP contribution in [0.15, 0.2) is 42.2 Å². The Morgan fingerprint density at radius 1 is 1.44 bits per heavy atom. The van der Waals surface area contributed by atoms with Crippen LogP contribution in [0.25, 0.3) is 5.65 Å². The minimum Gasteiger partial charge on any atom is -0.307 e. The van der Waals surface area contributed by atoms with Gasteiger partial charge in [-0.15, -0.1) is 11.3 Å². The number of hydrogen-bond donors (Lipinski definition) is 1. The van der Waals surface area contributed by atoms with Crippen LogP contribution in [0.2, 0.25) is 0 Å². The van der Waals surface area contributed by atoms with Crippen LogP contribution in [0, 0.1) is 0 Å².